The Morgan fingerprint density at radius 1 is 0.711 bits per heavy atom. The Kier molecular flexibility index (Phi) is 6.02. The number of hydrogen-bond donors (Lipinski definition) is 1. The topological polar surface area (TPSA) is 69.4 Å². The highest BCUT2D eigenvalue weighted by molar-refractivity contribution is 6.10. The maximum absolute atomic E-state index is 9.75. The molecule has 0 atom stereocenters. The monoisotopic (exact) mass is 501 g/mol. The summed E-state index contributed by atoms with van der Waals surface area (Å²) in [6, 6.07) is 26.3. The predicted octanol–water partition coefficient (Wildman–Crippen LogP) is 7.15. The van der Waals surface area contributed by atoms with Crippen molar-refractivity contribution < 1.29 is 14.6 Å². The molecule has 0 aliphatic carbocycles. The highest BCUT2D eigenvalue weighted by atomic mass is 16.5. The molecule has 0 spiro atoms. The van der Waals surface area contributed by atoms with Gasteiger partial charge < -0.3 is 14.6 Å². The van der Waals surface area contributed by atoms with Gasteiger partial charge in [0.25, 0.3) is 0 Å². The van der Waals surface area contributed by atoms with Crippen LogP contribution in [-0.4, -0.2) is 26.8 Å². The number of rotatable bonds is 6. The molecular formula is C32H27N3O3. The highest BCUT2D eigenvalue weighted by Gasteiger charge is 2.16. The first-order valence-corrected chi connectivity index (χ1v) is 12.4. The minimum absolute atomic E-state index is 0.0423. The maximum atomic E-state index is 9.75. The third kappa shape index (κ3) is 4.35. The van der Waals surface area contributed by atoms with Crippen LogP contribution in [0, 0.1) is 13.8 Å². The van der Waals surface area contributed by atoms with Crippen molar-refractivity contribution in [1.29, 1.82) is 0 Å². The van der Waals surface area contributed by atoms with E-state index >= 15 is 0 Å². The minimum atomic E-state index is -0.0423. The van der Waals surface area contributed by atoms with Crippen molar-refractivity contribution in [2.24, 2.45) is 0 Å². The van der Waals surface area contributed by atoms with Crippen LogP contribution in [0.1, 0.15) is 16.7 Å². The Morgan fingerprint density at radius 3 is 2.34 bits per heavy atom. The summed E-state index contributed by atoms with van der Waals surface area (Å²) < 4.78 is 13.9. The summed E-state index contributed by atoms with van der Waals surface area (Å²) in [6.07, 6.45) is 3.47. The molecule has 0 saturated carbocycles. The number of aromatic nitrogens is 3. The van der Waals surface area contributed by atoms with E-state index in [9.17, 15) is 5.11 Å². The standard InChI is InChI=1S/C32H27N3O3/c1-20-4-7-29-28(12-20)27-6-5-23(17-30(27)35(29)31-14-22(19-36)9-11-33-31)24-15-25(37-3)18-26(16-24)38-32-13-21(2)8-10-34-32/h4-18,36H,19H2,1-3H3. The average molecular weight is 502 g/mol. The molecule has 0 aliphatic rings. The van der Waals surface area contributed by atoms with Crippen molar-refractivity contribution in [3.63, 3.8) is 0 Å². The van der Waals surface area contributed by atoms with Gasteiger partial charge in [-0.1, -0.05) is 23.8 Å². The van der Waals surface area contributed by atoms with Crippen LogP contribution in [0.4, 0.5) is 0 Å². The van der Waals surface area contributed by atoms with Crippen molar-refractivity contribution in [3.05, 3.63) is 108 Å². The smallest absolute Gasteiger partial charge is 0.219 e. The summed E-state index contributed by atoms with van der Waals surface area (Å²) in [7, 11) is 1.65. The maximum Gasteiger partial charge on any atom is 0.219 e. The number of nitrogens with zero attached hydrogens (tertiary/aromatic N) is 3. The molecule has 6 aromatic rings. The second-order valence-corrected chi connectivity index (χ2v) is 9.44. The van der Waals surface area contributed by atoms with Gasteiger partial charge in [0.1, 0.15) is 17.3 Å². The fraction of sp³-hybridized carbons (Fsp3) is 0.125. The molecular weight excluding hydrogens is 474 g/mol. The quantitative estimate of drug-likeness (QED) is 0.262. The van der Waals surface area contributed by atoms with Crippen molar-refractivity contribution in [1.82, 2.24) is 14.5 Å². The summed E-state index contributed by atoms with van der Waals surface area (Å²) in [5.41, 5.74) is 7.13. The van der Waals surface area contributed by atoms with Crippen LogP contribution in [0.3, 0.4) is 0 Å². The largest absolute Gasteiger partial charge is 0.497 e. The van der Waals surface area contributed by atoms with Gasteiger partial charge in [-0.15, -0.1) is 0 Å². The van der Waals surface area contributed by atoms with Crippen molar-refractivity contribution in [2.75, 3.05) is 7.11 Å². The lowest BCUT2D eigenvalue weighted by Gasteiger charge is -2.12. The Bertz CT molecular complexity index is 1810. The molecule has 6 nitrogen and oxygen atoms in total. The van der Waals surface area contributed by atoms with Crippen LogP contribution in [0.5, 0.6) is 17.4 Å². The van der Waals surface area contributed by atoms with E-state index in [4.69, 9.17) is 9.47 Å². The Labute approximate surface area is 220 Å². The van der Waals surface area contributed by atoms with Crippen molar-refractivity contribution in [2.45, 2.75) is 20.5 Å². The molecule has 3 aromatic carbocycles. The average Bonchev–Trinajstić information content (AvgIpc) is 3.25. The molecule has 0 aliphatic heterocycles. The van der Waals surface area contributed by atoms with Crippen molar-refractivity contribution in [3.8, 4) is 34.3 Å². The number of ether oxygens (including phenoxy) is 2. The van der Waals surface area contributed by atoms with Gasteiger partial charge in [0.15, 0.2) is 0 Å². The van der Waals surface area contributed by atoms with Crippen LogP contribution >= 0.6 is 0 Å². The zero-order chi connectivity index (χ0) is 26.2. The third-order valence-electron chi connectivity index (χ3n) is 6.71. The van der Waals surface area contributed by atoms with Gasteiger partial charge in [-0.2, -0.15) is 0 Å². The predicted molar refractivity (Wildman–Crippen MR) is 150 cm³/mol. The number of methoxy groups -OCH3 is 1. The fourth-order valence-electron chi connectivity index (χ4n) is 4.84. The van der Waals surface area contributed by atoms with Crippen LogP contribution in [0.15, 0.2) is 91.3 Å². The third-order valence-corrected chi connectivity index (χ3v) is 6.71. The van der Waals surface area contributed by atoms with E-state index in [2.05, 4.69) is 57.9 Å². The number of aliphatic hydroxyl groups excluding tert-OH is 1. The Balaban J connectivity index is 1.54. The highest BCUT2D eigenvalue weighted by Crippen LogP contribution is 2.37. The first kappa shape index (κ1) is 23.7. The molecule has 0 amide bonds. The molecule has 0 unspecified atom stereocenters. The van der Waals surface area contributed by atoms with E-state index in [0.717, 1.165) is 49.9 Å². The van der Waals surface area contributed by atoms with Crippen LogP contribution in [0.25, 0.3) is 38.8 Å². The van der Waals surface area contributed by atoms with E-state index in [1.165, 1.54) is 5.56 Å². The summed E-state index contributed by atoms with van der Waals surface area (Å²) in [5, 5.41) is 12.0. The molecule has 3 heterocycles. The van der Waals surface area contributed by atoms with Gasteiger partial charge in [-0.25, -0.2) is 9.97 Å². The van der Waals surface area contributed by atoms with Crippen LogP contribution in [-0.2, 0) is 6.61 Å². The van der Waals surface area contributed by atoms with E-state index in [1.54, 1.807) is 19.5 Å². The lowest BCUT2D eigenvalue weighted by Crippen LogP contribution is -1.99. The molecule has 0 saturated heterocycles. The molecule has 6 heteroatoms. The van der Waals surface area contributed by atoms with Gasteiger partial charge >= 0.3 is 0 Å². The zero-order valence-corrected chi connectivity index (χ0v) is 21.5. The Hall–Kier alpha value is -4.68. The lowest BCUT2D eigenvalue weighted by molar-refractivity contribution is 0.281. The zero-order valence-electron chi connectivity index (χ0n) is 21.5. The second kappa shape index (κ2) is 9.65. The fourth-order valence-corrected chi connectivity index (χ4v) is 4.84. The molecule has 3 aromatic heterocycles. The number of benzene rings is 3. The molecule has 0 fully saturated rings. The van der Waals surface area contributed by atoms with Crippen LogP contribution in [0.2, 0.25) is 0 Å². The lowest BCUT2D eigenvalue weighted by atomic mass is 10.0. The molecule has 188 valence electrons. The number of aliphatic hydroxyl groups is 1. The number of aryl methyl sites for hydroxylation is 2. The normalized spacial score (nSPS) is 11.3. The van der Waals surface area contributed by atoms with Gasteiger partial charge in [0.2, 0.25) is 5.88 Å². The first-order chi connectivity index (χ1) is 18.5. The molecule has 1 N–H and O–H groups in total. The molecule has 6 rings (SSSR count). The van der Waals surface area contributed by atoms with Crippen molar-refractivity contribution >= 4 is 21.8 Å². The van der Waals surface area contributed by atoms with E-state index in [1.807, 2.05) is 49.4 Å². The van der Waals surface area contributed by atoms with Gasteiger partial charge in [-0.3, -0.25) is 4.57 Å². The summed E-state index contributed by atoms with van der Waals surface area (Å²) in [6.45, 7) is 4.06. The van der Waals surface area contributed by atoms with Gasteiger partial charge in [-0.05, 0) is 84.6 Å². The summed E-state index contributed by atoms with van der Waals surface area (Å²) in [4.78, 5) is 8.99. The van der Waals surface area contributed by atoms with Gasteiger partial charge in [0.05, 0.1) is 24.8 Å². The van der Waals surface area contributed by atoms with E-state index in [-0.39, 0.29) is 6.61 Å². The SMILES string of the molecule is COc1cc(Oc2cc(C)ccn2)cc(-c2ccc3c4cc(C)ccc4n(-c4cc(CO)ccn4)c3c2)c1. The summed E-state index contributed by atoms with van der Waals surface area (Å²) in [5.74, 6) is 2.63. The number of pyridine rings is 2. The summed E-state index contributed by atoms with van der Waals surface area (Å²) >= 11 is 0. The number of hydrogen-bond acceptors (Lipinski definition) is 5. The van der Waals surface area contributed by atoms with Gasteiger partial charge in [0, 0.05) is 35.3 Å². The molecule has 0 bridgehead atoms. The Morgan fingerprint density at radius 2 is 1.53 bits per heavy atom. The second-order valence-electron chi connectivity index (χ2n) is 9.44. The molecule has 38 heavy (non-hydrogen) atoms. The van der Waals surface area contributed by atoms with Crippen LogP contribution < -0.4 is 9.47 Å². The first-order valence-electron chi connectivity index (χ1n) is 12.4. The van der Waals surface area contributed by atoms with E-state index < -0.39 is 0 Å². The molecule has 0 radical (unpaired) electrons. The number of fused-ring (bicyclic) bond motifs is 3. The minimum Gasteiger partial charge on any atom is -0.497 e. The van der Waals surface area contributed by atoms with E-state index in [0.29, 0.717) is 17.4 Å².